The van der Waals surface area contributed by atoms with Crippen molar-refractivity contribution in [1.29, 1.82) is 0 Å². The van der Waals surface area contributed by atoms with E-state index in [0.29, 0.717) is 18.2 Å². The lowest BCUT2D eigenvalue weighted by molar-refractivity contribution is 0.0888. The summed E-state index contributed by atoms with van der Waals surface area (Å²) in [5.74, 6) is 1.68. The van der Waals surface area contributed by atoms with Crippen LogP contribution < -0.4 is 15.4 Å². The minimum atomic E-state index is -0.271. The lowest BCUT2D eigenvalue weighted by Gasteiger charge is -2.15. The Kier molecular flexibility index (Phi) is 13.2. The number of halogens is 2. The molecule has 1 aromatic carbocycles. The van der Waals surface area contributed by atoms with Gasteiger partial charge in [0.2, 0.25) is 0 Å². The first-order valence-corrected chi connectivity index (χ1v) is 9.77. The fourth-order valence-electron chi connectivity index (χ4n) is 2.69. The summed E-state index contributed by atoms with van der Waals surface area (Å²) in [6.07, 6.45) is 1.91. The van der Waals surface area contributed by atoms with E-state index in [9.17, 15) is 4.39 Å². The van der Waals surface area contributed by atoms with Crippen molar-refractivity contribution in [1.82, 2.24) is 10.6 Å². The molecule has 2 atom stereocenters. The van der Waals surface area contributed by atoms with Crippen molar-refractivity contribution in [3.05, 3.63) is 30.1 Å². The normalized spacial score (nSPS) is 17.7. The molecule has 8 heteroatoms. The molecule has 1 saturated heterocycles. The van der Waals surface area contributed by atoms with E-state index in [1.54, 1.807) is 12.1 Å². The number of rotatable bonds is 11. The zero-order chi connectivity index (χ0) is 19.3. The van der Waals surface area contributed by atoms with Crippen LogP contribution in [0.3, 0.4) is 0 Å². The highest BCUT2D eigenvalue weighted by Crippen LogP contribution is 2.13. The van der Waals surface area contributed by atoms with Crippen LogP contribution in [0.1, 0.15) is 26.7 Å². The summed E-state index contributed by atoms with van der Waals surface area (Å²) in [5, 5.41) is 6.53. The molecule has 6 nitrogen and oxygen atoms in total. The van der Waals surface area contributed by atoms with Crippen LogP contribution >= 0.6 is 24.0 Å². The average molecular weight is 509 g/mol. The van der Waals surface area contributed by atoms with Gasteiger partial charge in [0.1, 0.15) is 17.7 Å². The highest BCUT2D eigenvalue weighted by molar-refractivity contribution is 14.0. The third kappa shape index (κ3) is 10.4. The van der Waals surface area contributed by atoms with Gasteiger partial charge in [-0.1, -0.05) is 0 Å². The molecule has 0 amide bonds. The summed E-state index contributed by atoms with van der Waals surface area (Å²) in [4.78, 5) is 4.55. The Morgan fingerprint density at radius 1 is 1.32 bits per heavy atom. The highest BCUT2D eigenvalue weighted by atomic mass is 127. The Bertz CT molecular complexity index is 554. The highest BCUT2D eigenvalue weighted by Gasteiger charge is 2.15. The Hall–Kier alpha value is -1.13. The Balaban J connectivity index is 0.00000392. The van der Waals surface area contributed by atoms with E-state index in [4.69, 9.17) is 14.2 Å². The molecule has 1 heterocycles. The molecule has 160 valence electrons. The van der Waals surface area contributed by atoms with Crippen LogP contribution in [0.4, 0.5) is 4.39 Å². The van der Waals surface area contributed by atoms with Gasteiger partial charge in [-0.3, -0.25) is 0 Å². The van der Waals surface area contributed by atoms with E-state index in [1.165, 1.54) is 12.1 Å². The lowest BCUT2D eigenvalue weighted by Crippen LogP contribution is -2.38. The molecular formula is C20H33FIN3O3. The van der Waals surface area contributed by atoms with Crippen molar-refractivity contribution in [3.8, 4) is 5.75 Å². The van der Waals surface area contributed by atoms with Crippen LogP contribution in [0, 0.1) is 11.7 Å². The number of nitrogens with one attached hydrogen (secondary N) is 2. The first-order chi connectivity index (χ1) is 13.2. The van der Waals surface area contributed by atoms with E-state index >= 15 is 0 Å². The molecule has 1 aliphatic heterocycles. The zero-order valence-electron chi connectivity index (χ0n) is 16.8. The molecule has 0 aromatic heterocycles. The van der Waals surface area contributed by atoms with Gasteiger partial charge in [-0.2, -0.15) is 0 Å². The number of benzene rings is 1. The standard InChI is InChI=1S/C20H32FN3O3.HI/c1-3-22-20(23-10-4-11-25-14-17-9-12-26-15-17)24-13-16(2)27-19-7-5-18(21)6-8-19;/h5-8,16-17H,3-4,9-15H2,1-2H3,(H2,22,23,24);1H. The lowest BCUT2D eigenvalue weighted by atomic mass is 10.1. The quantitative estimate of drug-likeness (QED) is 0.208. The summed E-state index contributed by atoms with van der Waals surface area (Å²) in [6, 6.07) is 6.02. The third-order valence-electron chi connectivity index (χ3n) is 4.14. The predicted molar refractivity (Wildman–Crippen MR) is 120 cm³/mol. The monoisotopic (exact) mass is 509 g/mol. The zero-order valence-corrected chi connectivity index (χ0v) is 19.1. The molecule has 28 heavy (non-hydrogen) atoms. The molecule has 0 radical (unpaired) electrons. The first-order valence-electron chi connectivity index (χ1n) is 9.77. The fraction of sp³-hybridized carbons (Fsp3) is 0.650. The molecule has 0 spiro atoms. The predicted octanol–water partition coefficient (Wildman–Crippen LogP) is 3.21. The van der Waals surface area contributed by atoms with Gasteiger partial charge in [-0.05, 0) is 51.0 Å². The van der Waals surface area contributed by atoms with Gasteiger partial charge in [0.05, 0.1) is 19.8 Å². The Morgan fingerprint density at radius 3 is 2.79 bits per heavy atom. The minimum Gasteiger partial charge on any atom is -0.489 e. The van der Waals surface area contributed by atoms with E-state index in [-0.39, 0.29) is 35.9 Å². The van der Waals surface area contributed by atoms with E-state index in [0.717, 1.165) is 58.3 Å². The van der Waals surface area contributed by atoms with Gasteiger partial charge in [0.15, 0.2) is 5.96 Å². The summed E-state index contributed by atoms with van der Waals surface area (Å²) < 4.78 is 29.7. The summed E-state index contributed by atoms with van der Waals surface area (Å²) in [6.45, 7) is 9.26. The van der Waals surface area contributed by atoms with Gasteiger partial charge in [-0.25, -0.2) is 9.38 Å². The van der Waals surface area contributed by atoms with Crippen molar-refractivity contribution in [3.63, 3.8) is 0 Å². The minimum absolute atomic E-state index is 0. The SMILES string of the molecule is CCNC(=NCC(C)Oc1ccc(F)cc1)NCCCOCC1CCOC1.I. The number of hydrogen-bond donors (Lipinski definition) is 2. The first kappa shape index (κ1) is 24.9. The second kappa shape index (κ2) is 14.8. The van der Waals surface area contributed by atoms with Crippen LogP contribution in [0.5, 0.6) is 5.75 Å². The molecule has 0 aliphatic carbocycles. The maximum absolute atomic E-state index is 12.9. The molecule has 1 aliphatic rings. The molecular weight excluding hydrogens is 476 g/mol. The van der Waals surface area contributed by atoms with Crippen molar-refractivity contribution in [2.75, 3.05) is 46.1 Å². The number of aliphatic imine (C=N–C) groups is 1. The number of nitrogens with zero attached hydrogens (tertiary/aromatic N) is 1. The van der Waals surface area contributed by atoms with E-state index in [2.05, 4.69) is 15.6 Å². The van der Waals surface area contributed by atoms with Crippen LogP contribution in [-0.2, 0) is 9.47 Å². The number of guanidine groups is 1. The van der Waals surface area contributed by atoms with E-state index in [1.807, 2.05) is 13.8 Å². The van der Waals surface area contributed by atoms with Gasteiger partial charge in [0, 0.05) is 32.2 Å². The van der Waals surface area contributed by atoms with Crippen LogP contribution in [0.2, 0.25) is 0 Å². The number of ether oxygens (including phenoxy) is 3. The van der Waals surface area contributed by atoms with Crippen LogP contribution in [0.25, 0.3) is 0 Å². The summed E-state index contributed by atoms with van der Waals surface area (Å²) in [7, 11) is 0. The van der Waals surface area contributed by atoms with Gasteiger partial charge in [-0.15, -0.1) is 24.0 Å². The topological polar surface area (TPSA) is 64.1 Å². The second-order valence-corrected chi connectivity index (χ2v) is 6.69. The van der Waals surface area contributed by atoms with Crippen molar-refractivity contribution in [2.24, 2.45) is 10.9 Å². The maximum Gasteiger partial charge on any atom is 0.191 e. The third-order valence-corrected chi connectivity index (χ3v) is 4.14. The molecule has 2 unspecified atom stereocenters. The van der Waals surface area contributed by atoms with Gasteiger partial charge >= 0.3 is 0 Å². The largest absolute Gasteiger partial charge is 0.489 e. The molecule has 1 aromatic rings. The Labute approximate surface area is 184 Å². The van der Waals surface area contributed by atoms with Gasteiger partial charge in [0.25, 0.3) is 0 Å². The Morgan fingerprint density at radius 2 is 2.11 bits per heavy atom. The average Bonchev–Trinajstić information content (AvgIpc) is 3.18. The molecule has 1 fully saturated rings. The molecule has 0 bridgehead atoms. The number of hydrogen-bond acceptors (Lipinski definition) is 4. The second-order valence-electron chi connectivity index (χ2n) is 6.69. The van der Waals surface area contributed by atoms with Crippen molar-refractivity contribution >= 4 is 29.9 Å². The van der Waals surface area contributed by atoms with Crippen LogP contribution in [-0.4, -0.2) is 58.1 Å². The molecule has 2 N–H and O–H groups in total. The van der Waals surface area contributed by atoms with Crippen molar-refractivity contribution in [2.45, 2.75) is 32.8 Å². The van der Waals surface area contributed by atoms with Crippen molar-refractivity contribution < 1.29 is 18.6 Å². The fourth-order valence-corrected chi connectivity index (χ4v) is 2.69. The van der Waals surface area contributed by atoms with Crippen LogP contribution in [0.15, 0.2) is 29.3 Å². The smallest absolute Gasteiger partial charge is 0.191 e. The molecule has 2 rings (SSSR count). The summed E-state index contributed by atoms with van der Waals surface area (Å²) >= 11 is 0. The maximum atomic E-state index is 12.9. The van der Waals surface area contributed by atoms with Gasteiger partial charge < -0.3 is 24.8 Å². The summed E-state index contributed by atoms with van der Waals surface area (Å²) in [5.41, 5.74) is 0. The van der Waals surface area contributed by atoms with E-state index < -0.39 is 0 Å². The molecule has 0 saturated carbocycles.